The van der Waals surface area contributed by atoms with Gasteiger partial charge in [-0.1, -0.05) is 11.3 Å². The second-order valence-corrected chi connectivity index (χ2v) is 5.13. The Morgan fingerprint density at radius 2 is 2.41 bits per heavy atom. The van der Waals surface area contributed by atoms with Crippen LogP contribution in [-0.4, -0.2) is 27.8 Å². The Morgan fingerprint density at radius 1 is 1.59 bits per heavy atom. The predicted octanol–water partition coefficient (Wildman–Crippen LogP) is 2.16. The Hall–Kier alpha value is -1.41. The van der Waals surface area contributed by atoms with Crippen molar-refractivity contribution in [2.45, 2.75) is 23.4 Å². The first-order valence-corrected chi connectivity index (χ1v) is 6.43. The monoisotopic (exact) mass is 271 g/mol. The fraction of sp³-hybridized carbons (Fsp3) is 0.333. The summed E-state index contributed by atoms with van der Waals surface area (Å²) in [5.41, 5.74) is 0.794. The molecule has 17 heavy (non-hydrogen) atoms. The molecule has 0 saturated heterocycles. The van der Waals surface area contributed by atoms with Crippen LogP contribution in [-0.2, 0) is 4.74 Å². The third kappa shape index (κ3) is 3.04. The number of aromatic nitrogens is 3. The molecule has 2 aromatic heterocycles. The number of esters is 1. The van der Waals surface area contributed by atoms with E-state index in [2.05, 4.69) is 15.2 Å². The lowest BCUT2D eigenvalue weighted by atomic mass is 10.6. The lowest BCUT2D eigenvalue weighted by molar-refractivity contribution is 0.0525. The molecular formula is C9H9N3O3S2. The summed E-state index contributed by atoms with van der Waals surface area (Å²) in [5.74, 6) is -0.458. The Morgan fingerprint density at radius 3 is 3.06 bits per heavy atom. The number of aryl methyl sites for hydroxylation is 1. The third-order valence-electron chi connectivity index (χ3n) is 1.63. The van der Waals surface area contributed by atoms with E-state index >= 15 is 0 Å². The van der Waals surface area contributed by atoms with Gasteiger partial charge in [-0.05, 0) is 13.8 Å². The molecule has 90 valence electrons. The van der Waals surface area contributed by atoms with Gasteiger partial charge in [0.25, 0.3) is 5.22 Å². The van der Waals surface area contributed by atoms with E-state index in [1.165, 1.54) is 11.8 Å². The van der Waals surface area contributed by atoms with Crippen molar-refractivity contribution in [2.75, 3.05) is 6.61 Å². The molecule has 0 amide bonds. The molecule has 0 aliphatic carbocycles. The van der Waals surface area contributed by atoms with Crippen molar-refractivity contribution in [1.29, 1.82) is 0 Å². The van der Waals surface area contributed by atoms with Crippen molar-refractivity contribution in [3.63, 3.8) is 0 Å². The number of nitrogens with zero attached hydrogens (tertiary/aromatic N) is 3. The number of hydrogen-bond acceptors (Lipinski definition) is 8. The van der Waals surface area contributed by atoms with E-state index in [9.17, 15) is 4.79 Å². The normalized spacial score (nSPS) is 10.5. The molecule has 2 aromatic rings. The van der Waals surface area contributed by atoms with Crippen LogP contribution in [0.15, 0.2) is 20.2 Å². The Balaban J connectivity index is 2.06. The van der Waals surface area contributed by atoms with Crippen molar-refractivity contribution in [3.8, 4) is 0 Å². The van der Waals surface area contributed by atoms with E-state index in [-0.39, 0.29) is 5.01 Å². The Labute approximate surface area is 105 Å². The quantitative estimate of drug-likeness (QED) is 0.788. The maximum Gasteiger partial charge on any atom is 0.369 e. The van der Waals surface area contributed by atoms with Crippen molar-refractivity contribution >= 4 is 29.1 Å². The van der Waals surface area contributed by atoms with Gasteiger partial charge in [0.05, 0.1) is 12.3 Å². The Kier molecular flexibility index (Phi) is 3.75. The summed E-state index contributed by atoms with van der Waals surface area (Å²) in [6, 6.07) is 0. The molecule has 8 heteroatoms. The summed E-state index contributed by atoms with van der Waals surface area (Å²) in [4.78, 5) is 15.5. The number of hydrogen-bond donors (Lipinski definition) is 0. The number of ether oxygens (including phenoxy) is 1. The van der Waals surface area contributed by atoms with Gasteiger partial charge in [0, 0.05) is 11.8 Å². The average Bonchev–Trinajstić information content (AvgIpc) is 2.89. The minimum Gasteiger partial charge on any atom is -0.461 e. The van der Waals surface area contributed by atoms with E-state index in [4.69, 9.17) is 9.15 Å². The van der Waals surface area contributed by atoms with Crippen LogP contribution in [0.2, 0.25) is 0 Å². The maximum atomic E-state index is 11.4. The molecule has 0 fully saturated rings. The summed E-state index contributed by atoms with van der Waals surface area (Å²) >= 11 is 2.38. The number of carbonyl (C=O) groups is 1. The SMILES string of the molecule is CCOC(=O)c1nnc(Sc2nc(C)co2)s1. The molecule has 0 aliphatic rings. The zero-order chi connectivity index (χ0) is 12.3. The standard InChI is InChI=1S/C9H9N3O3S2/c1-3-14-7(13)6-11-12-9(16-6)17-8-10-5(2)4-15-8/h4H,3H2,1-2H3. The number of carbonyl (C=O) groups excluding carboxylic acids is 1. The van der Waals surface area contributed by atoms with Gasteiger partial charge in [-0.15, -0.1) is 10.2 Å². The third-order valence-corrected chi connectivity index (χ3v) is 3.45. The summed E-state index contributed by atoms with van der Waals surface area (Å²) in [5, 5.41) is 8.31. The second-order valence-electron chi connectivity index (χ2n) is 2.95. The van der Waals surface area contributed by atoms with Crippen LogP contribution in [0, 0.1) is 6.92 Å². The van der Waals surface area contributed by atoms with E-state index in [0.717, 1.165) is 17.0 Å². The largest absolute Gasteiger partial charge is 0.461 e. The highest BCUT2D eigenvalue weighted by molar-refractivity contribution is 8.00. The first-order chi connectivity index (χ1) is 8.19. The molecule has 6 nitrogen and oxygen atoms in total. The van der Waals surface area contributed by atoms with Crippen molar-refractivity contribution in [1.82, 2.24) is 15.2 Å². The zero-order valence-electron chi connectivity index (χ0n) is 9.17. The van der Waals surface area contributed by atoms with Gasteiger partial charge in [-0.3, -0.25) is 0 Å². The van der Waals surface area contributed by atoms with Crippen molar-refractivity contribution in [3.05, 3.63) is 17.0 Å². The van der Waals surface area contributed by atoms with Crippen LogP contribution >= 0.6 is 23.1 Å². The van der Waals surface area contributed by atoms with Crippen LogP contribution in [0.25, 0.3) is 0 Å². The lowest BCUT2D eigenvalue weighted by Gasteiger charge is -1.94. The molecular weight excluding hydrogens is 262 g/mol. The maximum absolute atomic E-state index is 11.4. The summed E-state index contributed by atoms with van der Waals surface area (Å²) in [6.45, 7) is 3.89. The first kappa shape index (κ1) is 12.1. The van der Waals surface area contributed by atoms with E-state index in [0.29, 0.717) is 16.2 Å². The highest BCUT2D eigenvalue weighted by atomic mass is 32.2. The highest BCUT2D eigenvalue weighted by Gasteiger charge is 2.15. The second kappa shape index (κ2) is 5.28. The predicted molar refractivity (Wildman–Crippen MR) is 61.2 cm³/mol. The van der Waals surface area contributed by atoms with Crippen LogP contribution < -0.4 is 0 Å². The van der Waals surface area contributed by atoms with E-state index < -0.39 is 5.97 Å². The van der Waals surface area contributed by atoms with E-state index in [1.807, 2.05) is 6.92 Å². The van der Waals surface area contributed by atoms with Crippen LogP contribution in [0.4, 0.5) is 0 Å². The molecule has 0 saturated carbocycles. The van der Waals surface area contributed by atoms with Crippen LogP contribution in [0.1, 0.15) is 22.4 Å². The topological polar surface area (TPSA) is 78.1 Å². The Bertz CT molecular complexity index is 523. The summed E-state index contributed by atoms with van der Waals surface area (Å²) in [6.07, 6.45) is 1.55. The van der Waals surface area contributed by atoms with Crippen molar-refractivity contribution < 1.29 is 13.9 Å². The molecule has 0 aromatic carbocycles. The smallest absolute Gasteiger partial charge is 0.369 e. The highest BCUT2D eigenvalue weighted by Crippen LogP contribution is 2.29. The molecule has 0 aliphatic heterocycles. The average molecular weight is 271 g/mol. The van der Waals surface area contributed by atoms with Crippen LogP contribution in [0.5, 0.6) is 0 Å². The zero-order valence-corrected chi connectivity index (χ0v) is 10.8. The lowest BCUT2D eigenvalue weighted by Crippen LogP contribution is -2.03. The molecule has 0 spiro atoms. The number of oxazole rings is 1. The molecule has 0 radical (unpaired) electrons. The molecule has 2 heterocycles. The van der Waals surface area contributed by atoms with Gasteiger partial charge < -0.3 is 9.15 Å². The fourth-order valence-corrected chi connectivity index (χ4v) is 2.59. The minimum atomic E-state index is -0.458. The number of rotatable bonds is 4. The molecule has 2 rings (SSSR count). The van der Waals surface area contributed by atoms with Gasteiger partial charge >= 0.3 is 5.97 Å². The van der Waals surface area contributed by atoms with Gasteiger partial charge in [0.1, 0.15) is 6.26 Å². The van der Waals surface area contributed by atoms with Gasteiger partial charge in [-0.2, -0.15) is 0 Å². The molecule has 0 atom stereocenters. The van der Waals surface area contributed by atoms with E-state index in [1.54, 1.807) is 13.2 Å². The van der Waals surface area contributed by atoms with Gasteiger partial charge in [0.15, 0.2) is 4.34 Å². The van der Waals surface area contributed by atoms with Crippen LogP contribution in [0.3, 0.4) is 0 Å². The molecule has 0 bridgehead atoms. The molecule has 0 N–H and O–H groups in total. The summed E-state index contributed by atoms with van der Waals surface area (Å²) in [7, 11) is 0. The first-order valence-electron chi connectivity index (χ1n) is 4.79. The van der Waals surface area contributed by atoms with Gasteiger partial charge in [0.2, 0.25) is 5.01 Å². The molecule has 0 unspecified atom stereocenters. The fourth-order valence-electron chi connectivity index (χ4n) is 0.980. The van der Waals surface area contributed by atoms with Gasteiger partial charge in [-0.25, -0.2) is 9.78 Å². The summed E-state index contributed by atoms with van der Waals surface area (Å²) < 4.78 is 10.6. The van der Waals surface area contributed by atoms with Crippen molar-refractivity contribution in [2.24, 2.45) is 0 Å². The minimum absolute atomic E-state index is 0.234.